The summed E-state index contributed by atoms with van der Waals surface area (Å²) >= 11 is 0. The smallest absolute Gasteiger partial charge is 0.292 e. The van der Waals surface area contributed by atoms with Gasteiger partial charge < -0.3 is 5.32 Å². The molecule has 0 saturated heterocycles. The predicted molar refractivity (Wildman–Crippen MR) is 62.7 cm³/mol. The normalized spacial score (nSPS) is 10.3. The van der Waals surface area contributed by atoms with E-state index in [0.29, 0.717) is 12.1 Å². The summed E-state index contributed by atoms with van der Waals surface area (Å²) in [5.41, 5.74) is -1.07. The summed E-state index contributed by atoms with van der Waals surface area (Å²) < 4.78 is 39.6. The molecule has 1 N–H and O–H groups in total. The summed E-state index contributed by atoms with van der Waals surface area (Å²) in [5, 5.41) is 13.0. The first kappa shape index (κ1) is 12.9. The number of hydrogen-bond acceptors (Lipinski definition) is 3. The Morgan fingerprint density at radius 1 is 1.05 bits per heavy atom. The van der Waals surface area contributed by atoms with E-state index >= 15 is 0 Å². The van der Waals surface area contributed by atoms with Crippen molar-refractivity contribution in [1.29, 1.82) is 0 Å². The summed E-state index contributed by atoms with van der Waals surface area (Å²) in [6.45, 7) is 0. The quantitative estimate of drug-likeness (QED) is 0.681. The highest BCUT2D eigenvalue weighted by Crippen LogP contribution is 2.30. The van der Waals surface area contributed by atoms with E-state index in [2.05, 4.69) is 5.32 Å². The first-order chi connectivity index (χ1) is 8.99. The maximum absolute atomic E-state index is 13.4. The summed E-state index contributed by atoms with van der Waals surface area (Å²) in [7, 11) is 0. The Balaban J connectivity index is 2.45. The minimum absolute atomic E-state index is 0.0862. The number of nitrogens with one attached hydrogen (secondary N) is 1. The van der Waals surface area contributed by atoms with E-state index in [1.165, 1.54) is 24.3 Å². The van der Waals surface area contributed by atoms with Crippen LogP contribution in [-0.2, 0) is 0 Å². The molecule has 0 aromatic heterocycles. The predicted octanol–water partition coefficient (Wildman–Crippen LogP) is 3.76. The molecule has 7 heteroatoms. The van der Waals surface area contributed by atoms with Crippen molar-refractivity contribution in [3.05, 3.63) is 64.0 Å². The van der Waals surface area contributed by atoms with Gasteiger partial charge in [0.2, 0.25) is 0 Å². The number of nitrogens with zero attached hydrogens (tertiary/aromatic N) is 1. The van der Waals surface area contributed by atoms with Gasteiger partial charge in [-0.1, -0.05) is 12.1 Å². The number of nitro groups is 1. The average Bonchev–Trinajstić information content (AvgIpc) is 2.34. The highest BCUT2D eigenvalue weighted by Gasteiger charge is 2.17. The van der Waals surface area contributed by atoms with Crippen molar-refractivity contribution < 1.29 is 18.1 Å². The second-order valence-corrected chi connectivity index (χ2v) is 3.64. The third-order valence-corrected chi connectivity index (χ3v) is 2.37. The van der Waals surface area contributed by atoms with Crippen LogP contribution in [0.4, 0.5) is 30.2 Å². The Morgan fingerprint density at radius 2 is 1.63 bits per heavy atom. The topological polar surface area (TPSA) is 55.2 Å². The largest absolute Gasteiger partial charge is 0.345 e. The number of benzene rings is 2. The molecule has 0 bridgehead atoms. The summed E-state index contributed by atoms with van der Waals surface area (Å²) in [5.74, 6) is -3.41. The van der Waals surface area contributed by atoms with Crippen LogP contribution in [0.3, 0.4) is 0 Å². The molecule has 0 radical (unpaired) electrons. The van der Waals surface area contributed by atoms with E-state index in [4.69, 9.17) is 0 Å². The maximum Gasteiger partial charge on any atom is 0.292 e. The number of hydrogen-bond donors (Lipinski definition) is 1. The highest BCUT2D eigenvalue weighted by atomic mass is 19.1. The van der Waals surface area contributed by atoms with Crippen LogP contribution < -0.4 is 5.32 Å². The molecule has 2 aromatic carbocycles. The van der Waals surface area contributed by atoms with E-state index < -0.39 is 28.1 Å². The van der Waals surface area contributed by atoms with Crippen molar-refractivity contribution in [2.24, 2.45) is 0 Å². The van der Waals surface area contributed by atoms with Crippen LogP contribution in [0, 0.1) is 27.6 Å². The molecular formula is C12H7F3N2O2. The van der Waals surface area contributed by atoms with E-state index in [-0.39, 0.29) is 11.4 Å². The minimum atomic E-state index is -1.17. The minimum Gasteiger partial charge on any atom is -0.345 e. The lowest BCUT2D eigenvalue weighted by Crippen LogP contribution is -2.01. The molecule has 0 saturated carbocycles. The first-order valence-electron chi connectivity index (χ1n) is 5.14. The van der Waals surface area contributed by atoms with Crippen molar-refractivity contribution in [2.45, 2.75) is 0 Å². The average molecular weight is 268 g/mol. The van der Waals surface area contributed by atoms with E-state index in [9.17, 15) is 23.3 Å². The van der Waals surface area contributed by atoms with Gasteiger partial charge in [0.1, 0.15) is 17.2 Å². The number of anilines is 2. The van der Waals surface area contributed by atoms with Gasteiger partial charge in [-0.15, -0.1) is 0 Å². The third-order valence-electron chi connectivity index (χ3n) is 2.37. The van der Waals surface area contributed by atoms with Gasteiger partial charge in [0.05, 0.1) is 4.92 Å². The molecule has 0 spiro atoms. The molecule has 0 fully saturated rings. The molecule has 2 rings (SSSR count). The molecule has 2 aromatic rings. The SMILES string of the molecule is O=[N+]([O-])c1ccccc1Nc1c(F)cc(F)cc1F. The van der Waals surface area contributed by atoms with Crippen molar-refractivity contribution in [2.75, 3.05) is 5.32 Å². The summed E-state index contributed by atoms with van der Waals surface area (Å²) in [6.07, 6.45) is 0. The fourth-order valence-electron chi connectivity index (χ4n) is 1.53. The van der Waals surface area contributed by atoms with Gasteiger partial charge in [-0.25, -0.2) is 13.2 Å². The molecule has 98 valence electrons. The Morgan fingerprint density at radius 3 is 2.21 bits per heavy atom. The Hall–Kier alpha value is -2.57. The first-order valence-corrected chi connectivity index (χ1v) is 5.14. The lowest BCUT2D eigenvalue weighted by Gasteiger charge is -2.09. The van der Waals surface area contributed by atoms with Gasteiger partial charge in [-0.05, 0) is 6.07 Å². The second kappa shape index (κ2) is 4.97. The Labute approximate surface area is 105 Å². The van der Waals surface area contributed by atoms with Crippen LogP contribution in [0.25, 0.3) is 0 Å². The maximum atomic E-state index is 13.4. The molecule has 0 heterocycles. The van der Waals surface area contributed by atoms with Gasteiger partial charge in [0.25, 0.3) is 5.69 Å². The van der Waals surface area contributed by atoms with Crippen LogP contribution in [0.2, 0.25) is 0 Å². The van der Waals surface area contributed by atoms with E-state index in [1.54, 1.807) is 0 Å². The molecule has 4 nitrogen and oxygen atoms in total. The lowest BCUT2D eigenvalue weighted by atomic mass is 10.2. The third kappa shape index (κ3) is 2.65. The van der Waals surface area contributed by atoms with Gasteiger partial charge >= 0.3 is 0 Å². The zero-order chi connectivity index (χ0) is 14.0. The molecular weight excluding hydrogens is 261 g/mol. The molecule has 0 aliphatic carbocycles. The molecule has 0 unspecified atom stereocenters. The number of rotatable bonds is 3. The Kier molecular flexibility index (Phi) is 3.37. The monoisotopic (exact) mass is 268 g/mol. The van der Waals surface area contributed by atoms with Crippen LogP contribution in [-0.4, -0.2) is 4.92 Å². The fourth-order valence-corrected chi connectivity index (χ4v) is 1.53. The summed E-state index contributed by atoms with van der Waals surface area (Å²) in [6, 6.07) is 6.33. The second-order valence-electron chi connectivity index (χ2n) is 3.64. The van der Waals surface area contributed by atoms with Crippen molar-refractivity contribution in [3.8, 4) is 0 Å². The van der Waals surface area contributed by atoms with Gasteiger partial charge in [-0.3, -0.25) is 10.1 Å². The van der Waals surface area contributed by atoms with Crippen molar-refractivity contribution >= 4 is 17.1 Å². The highest BCUT2D eigenvalue weighted by molar-refractivity contribution is 5.69. The molecule has 0 amide bonds. The Bertz CT molecular complexity index is 624. The van der Waals surface area contributed by atoms with Crippen LogP contribution >= 0.6 is 0 Å². The van der Waals surface area contributed by atoms with Crippen molar-refractivity contribution in [3.63, 3.8) is 0 Å². The van der Waals surface area contributed by atoms with Gasteiger partial charge in [-0.2, -0.15) is 0 Å². The van der Waals surface area contributed by atoms with Crippen LogP contribution in [0.1, 0.15) is 0 Å². The van der Waals surface area contributed by atoms with Crippen LogP contribution in [0.5, 0.6) is 0 Å². The molecule has 0 atom stereocenters. The molecule has 0 aliphatic heterocycles. The zero-order valence-electron chi connectivity index (χ0n) is 9.36. The number of halogens is 3. The van der Waals surface area contributed by atoms with E-state index in [1.807, 2.05) is 0 Å². The number of para-hydroxylation sites is 2. The standard InChI is InChI=1S/C12H7F3N2O2/c13-7-5-8(14)12(9(15)6-7)16-10-3-1-2-4-11(10)17(18)19/h1-6,16H. The van der Waals surface area contributed by atoms with Gasteiger partial charge in [0, 0.05) is 18.2 Å². The molecule has 0 aliphatic rings. The van der Waals surface area contributed by atoms with E-state index in [0.717, 1.165) is 0 Å². The van der Waals surface area contributed by atoms with Gasteiger partial charge in [0.15, 0.2) is 11.6 Å². The molecule has 19 heavy (non-hydrogen) atoms. The fraction of sp³-hybridized carbons (Fsp3) is 0. The lowest BCUT2D eigenvalue weighted by molar-refractivity contribution is -0.383. The van der Waals surface area contributed by atoms with Crippen molar-refractivity contribution in [1.82, 2.24) is 0 Å². The van der Waals surface area contributed by atoms with Crippen LogP contribution in [0.15, 0.2) is 36.4 Å². The zero-order valence-corrected chi connectivity index (χ0v) is 9.36. The number of nitro benzene ring substituents is 1. The summed E-state index contributed by atoms with van der Waals surface area (Å²) in [4.78, 5) is 10.1.